The molecule has 61 heavy (non-hydrogen) atoms. The summed E-state index contributed by atoms with van der Waals surface area (Å²) in [5.74, 6) is -1.37. The van der Waals surface area contributed by atoms with Crippen molar-refractivity contribution >= 4 is 41.0 Å². The number of hydrogen-bond donors (Lipinski definition) is 3. The fraction of sp³-hybridized carbons (Fsp3) is 0.390. The third-order valence-electron chi connectivity index (χ3n) is 10.8. The molecule has 3 N–H and O–H groups in total. The summed E-state index contributed by atoms with van der Waals surface area (Å²) in [6.07, 6.45) is -4.34. The number of amides is 3. The largest absolute Gasteiger partial charge is 0.505 e. The number of rotatable bonds is 6. The zero-order valence-electron chi connectivity index (χ0n) is 33.3. The first kappa shape index (κ1) is 41.7. The molecular weight excluding hydrogens is 825 g/mol. The van der Waals surface area contributed by atoms with Gasteiger partial charge in [-0.05, 0) is 88.1 Å². The number of alkyl carbamates (subject to hydrolysis) is 1. The Labute approximate surface area is 350 Å². The SMILES string of the molecule is C[C@H]1OC2(CCN(C(=O)c3ncccc3O)CC2)c2c1n(CC(=O)Nc1ccc(C(F)(F)F)cc1Cl)c1nc(-c3ccc4c(c3)[C@@H](NC(=O)OC(C)(C)C)COC4)nn1c2=O. The molecule has 3 aliphatic heterocycles. The van der Waals surface area contributed by atoms with Gasteiger partial charge < -0.3 is 39.4 Å². The topological polar surface area (TPSA) is 192 Å². The summed E-state index contributed by atoms with van der Waals surface area (Å²) in [6.45, 7) is 7.18. The van der Waals surface area contributed by atoms with E-state index in [-0.39, 0.29) is 78.5 Å². The second kappa shape index (κ2) is 15.4. The number of ether oxygens (including phenoxy) is 3. The van der Waals surface area contributed by atoms with E-state index in [1.165, 1.54) is 27.8 Å². The quantitative estimate of drug-likeness (QED) is 0.174. The van der Waals surface area contributed by atoms with Crippen LogP contribution in [0.1, 0.15) is 91.1 Å². The maximum Gasteiger partial charge on any atom is 0.416 e. The average Bonchev–Trinajstić information content (AvgIpc) is 3.76. The van der Waals surface area contributed by atoms with Crippen molar-refractivity contribution in [3.63, 3.8) is 0 Å². The van der Waals surface area contributed by atoms with Gasteiger partial charge in [-0.2, -0.15) is 22.7 Å². The number of aromatic hydroxyl groups is 1. The van der Waals surface area contributed by atoms with Gasteiger partial charge in [-0.3, -0.25) is 14.4 Å². The molecule has 2 aromatic carbocycles. The molecule has 0 saturated carbocycles. The van der Waals surface area contributed by atoms with Crippen molar-refractivity contribution in [2.75, 3.05) is 25.0 Å². The molecule has 0 bridgehead atoms. The van der Waals surface area contributed by atoms with Crippen LogP contribution in [0.5, 0.6) is 5.75 Å². The van der Waals surface area contributed by atoms with Gasteiger partial charge in [-0.25, -0.2) is 9.78 Å². The Morgan fingerprint density at radius 2 is 1.84 bits per heavy atom. The van der Waals surface area contributed by atoms with E-state index in [2.05, 4.69) is 20.7 Å². The minimum Gasteiger partial charge on any atom is -0.505 e. The summed E-state index contributed by atoms with van der Waals surface area (Å²) < 4.78 is 60.5. The van der Waals surface area contributed by atoms with Crippen molar-refractivity contribution in [1.82, 2.24) is 34.4 Å². The van der Waals surface area contributed by atoms with E-state index in [1.54, 1.807) is 45.9 Å². The number of fused-ring (bicyclic) bond motifs is 4. The van der Waals surface area contributed by atoms with Crippen LogP contribution in [0, 0.1) is 0 Å². The summed E-state index contributed by atoms with van der Waals surface area (Å²) in [6, 6.07) is 10.2. The molecule has 3 aromatic heterocycles. The average molecular weight is 865 g/mol. The number of benzene rings is 2. The number of nitrogens with zero attached hydrogens (tertiary/aromatic N) is 6. The maximum absolute atomic E-state index is 14.7. The molecule has 20 heteroatoms. The molecule has 1 saturated heterocycles. The van der Waals surface area contributed by atoms with Gasteiger partial charge in [0.05, 0.1) is 52.9 Å². The molecule has 1 spiro atoms. The minimum absolute atomic E-state index is 0.0253. The molecule has 3 aliphatic rings. The number of pyridine rings is 1. The van der Waals surface area contributed by atoms with Gasteiger partial charge in [0.2, 0.25) is 11.7 Å². The van der Waals surface area contributed by atoms with Crippen LogP contribution in [-0.2, 0) is 43.9 Å². The first-order valence-corrected chi connectivity index (χ1v) is 19.7. The van der Waals surface area contributed by atoms with E-state index < -0.39 is 65.1 Å². The lowest BCUT2D eigenvalue weighted by molar-refractivity contribution is -0.137. The Kier molecular flexibility index (Phi) is 10.6. The lowest BCUT2D eigenvalue weighted by Gasteiger charge is -2.39. The van der Waals surface area contributed by atoms with Crippen LogP contribution in [-0.4, -0.2) is 77.4 Å². The van der Waals surface area contributed by atoms with Crippen molar-refractivity contribution in [1.29, 1.82) is 0 Å². The fourth-order valence-corrected chi connectivity index (χ4v) is 8.30. The first-order chi connectivity index (χ1) is 28.8. The van der Waals surface area contributed by atoms with Crippen molar-refractivity contribution in [3.05, 3.63) is 104 Å². The van der Waals surface area contributed by atoms with Gasteiger partial charge in [-0.1, -0.05) is 23.7 Å². The first-order valence-electron chi connectivity index (χ1n) is 19.3. The number of aromatic nitrogens is 5. The summed E-state index contributed by atoms with van der Waals surface area (Å²) in [4.78, 5) is 65.0. The van der Waals surface area contributed by atoms with Crippen LogP contribution in [0.15, 0.2) is 59.5 Å². The molecule has 8 rings (SSSR count). The van der Waals surface area contributed by atoms with Crippen LogP contribution in [0.2, 0.25) is 5.02 Å². The molecule has 6 heterocycles. The Bertz CT molecular complexity index is 2650. The predicted octanol–water partition coefficient (Wildman–Crippen LogP) is 6.29. The molecule has 3 amide bonds. The highest BCUT2D eigenvalue weighted by molar-refractivity contribution is 6.33. The van der Waals surface area contributed by atoms with Crippen LogP contribution in [0.25, 0.3) is 17.2 Å². The summed E-state index contributed by atoms with van der Waals surface area (Å²) in [5, 5.41) is 20.0. The Morgan fingerprint density at radius 1 is 1.08 bits per heavy atom. The van der Waals surface area contributed by atoms with Gasteiger partial charge in [0, 0.05) is 24.8 Å². The molecule has 0 unspecified atom stereocenters. The lowest BCUT2D eigenvalue weighted by atomic mass is 9.85. The van der Waals surface area contributed by atoms with Crippen LogP contribution in [0.4, 0.5) is 23.7 Å². The molecular formula is C41H40ClF3N8O8. The van der Waals surface area contributed by atoms with Crippen molar-refractivity contribution in [2.24, 2.45) is 0 Å². The van der Waals surface area contributed by atoms with Gasteiger partial charge in [0.1, 0.15) is 23.5 Å². The normalized spacial score (nSPS) is 18.5. The van der Waals surface area contributed by atoms with Crippen LogP contribution >= 0.6 is 11.6 Å². The molecule has 0 aliphatic carbocycles. The molecule has 1 fully saturated rings. The van der Waals surface area contributed by atoms with E-state index in [0.29, 0.717) is 17.3 Å². The number of nitrogens with one attached hydrogen (secondary N) is 2. The van der Waals surface area contributed by atoms with Gasteiger partial charge in [-0.15, -0.1) is 5.10 Å². The summed E-state index contributed by atoms with van der Waals surface area (Å²) in [5.41, 5.74) is -1.16. The summed E-state index contributed by atoms with van der Waals surface area (Å²) >= 11 is 6.19. The molecule has 0 radical (unpaired) electrons. The second-order valence-electron chi connectivity index (χ2n) is 16.1. The number of carbonyl (C=O) groups excluding carboxylic acids is 3. The van der Waals surface area contributed by atoms with E-state index in [4.69, 9.17) is 30.8 Å². The zero-order valence-corrected chi connectivity index (χ0v) is 34.1. The highest BCUT2D eigenvalue weighted by atomic mass is 35.5. The molecule has 320 valence electrons. The third kappa shape index (κ3) is 7.99. The molecule has 5 aromatic rings. The number of carbonyl (C=O) groups is 3. The van der Waals surface area contributed by atoms with Crippen molar-refractivity contribution in [2.45, 2.75) is 83.2 Å². The van der Waals surface area contributed by atoms with Crippen molar-refractivity contribution in [3.8, 4) is 17.1 Å². The van der Waals surface area contributed by atoms with Gasteiger partial charge in [0.15, 0.2) is 11.5 Å². The standard InChI is InChI=1S/C41H40ClF3N8O8/c1-21-33-31(40(60-21)11-14-51(15-12-40)36(57)32-29(54)6-5-13-46-32)35(56)53-37(52(33)18-30(55)47-27-10-9-24(17-26(27)42)41(43,44)45)49-34(50-53)22-7-8-23-19-59-20-28(25(23)16-22)48-38(58)61-39(2,3)4/h5-10,13,16-17,21,28,54H,11-12,14-15,18-20H2,1-4H3,(H,47,55)(H,48,58)/t21-,28+/m1/s1. The van der Waals surface area contributed by atoms with E-state index in [9.17, 15) is 37.5 Å². The highest BCUT2D eigenvalue weighted by Crippen LogP contribution is 2.48. The number of likely N-dealkylation sites (tertiary alicyclic amines) is 1. The number of alkyl halides is 3. The highest BCUT2D eigenvalue weighted by Gasteiger charge is 2.51. The second-order valence-corrected chi connectivity index (χ2v) is 16.5. The van der Waals surface area contributed by atoms with Crippen LogP contribution in [0.3, 0.4) is 0 Å². The summed E-state index contributed by atoms with van der Waals surface area (Å²) in [7, 11) is 0. The van der Waals surface area contributed by atoms with Gasteiger partial charge in [0.25, 0.3) is 11.5 Å². The fourth-order valence-electron chi connectivity index (χ4n) is 8.07. The van der Waals surface area contributed by atoms with E-state index in [1.807, 2.05) is 0 Å². The molecule has 2 atom stereocenters. The van der Waals surface area contributed by atoms with Crippen LogP contribution < -0.4 is 16.2 Å². The maximum atomic E-state index is 14.7. The minimum atomic E-state index is -4.66. The number of anilines is 1. The molecule has 16 nitrogen and oxygen atoms in total. The van der Waals surface area contributed by atoms with Crippen molar-refractivity contribution < 1.29 is 46.9 Å². The Morgan fingerprint density at radius 3 is 2.52 bits per heavy atom. The number of hydrogen-bond acceptors (Lipinski definition) is 11. The Balaban J connectivity index is 1.18. The number of halogens is 4. The Hall–Kier alpha value is -6.05. The smallest absolute Gasteiger partial charge is 0.416 e. The zero-order chi connectivity index (χ0) is 43.6. The number of piperidine rings is 1. The monoisotopic (exact) mass is 864 g/mol. The predicted molar refractivity (Wildman–Crippen MR) is 212 cm³/mol. The lowest BCUT2D eigenvalue weighted by Crippen LogP contribution is -2.47. The van der Waals surface area contributed by atoms with Gasteiger partial charge >= 0.3 is 12.3 Å². The third-order valence-corrected chi connectivity index (χ3v) is 11.1. The van der Waals surface area contributed by atoms with E-state index >= 15 is 0 Å². The van der Waals surface area contributed by atoms with E-state index in [0.717, 1.165) is 27.8 Å².